The second-order valence-electron chi connectivity index (χ2n) is 5.51. The summed E-state index contributed by atoms with van der Waals surface area (Å²) in [7, 11) is 0. The van der Waals surface area contributed by atoms with Crippen molar-refractivity contribution in [2.45, 2.75) is 13.5 Å². The number of halogens is 1. The number of nitrogens with zero attached hydrogens (tertiary/aromatic N) is 3. The Kier molecular flexibility index (Phi) is 4.65. The lowest BCUT2D eigenvalue weighted by molar-refractivity contribution is -0.117. The van der Waals surface area contributed by atoms with Crippen LogP contribution >= 0.6 is 0 Å². The molecule has 25 heavy (non-hydrogen) atoms. The van der Waals surface area contributed by atoms with Crippen molar-refractivity contribution >= 4 is 11.6 Å². The van der Waals surface area contributed by atoms with Crippen LogP contribution in [0.15, 0.2) is 59.5 Å². The molecule has 3 aromatic rings. The van der Waals surface area contributed by atoms with Gasteiger partial charge < -0.3 is 5.32 Å². The second-order valence-corrected chi connectivity index (χ2v) is 5.51. The van der Waals surface area contributed by atoms with E-state index in [1.165, 1.54) is 24.4 Å². The van der Waals surface area contributed by atoms with Crippen molar-refractivity contribution in [1.29, 1.82) is 0 Å². The van der Waals surface area contributed by atoms with Gasteiger partial charge in [0.15, 0.2) is 0 Å². The van der Waals surface area contributed by atoms with E-state index in [1.807, 2.05) is 31.2 Å². The normalized spacial score (nSPS) is 10.5. The van der Waals surface area contributed by atoms with Crippen LogP contribution in [0.4, 0.5) is 10.1 Å². The number of hydrogen-bond donors (Lipinski definition) is 1. The summed E-state index contributed by atoms with van der Waals surface area (Å²) in [6.45, 7) is 1.65. The first kappa shape index (κ1) is 16.5. The van der Waals surface area contributed by atoms with Gasteiger partial charge in [0.1, 0.15) is 12.4 Å². The Bertz CT molecular complexity index is 967. The maximum atomic E-state index is 13.1. The highest BCUT2D eigenvalue weighted by Gasteiger charge is 2.09. The molecule has 0 aliphatic carbocycles. The SMILES string of the molecule is Cc1ccc(-c2cnn(CC(=O)Nc3cccc(F)c3)c(=O)n2)cc1. The van der Waals surface area contributed by atoms with E-state index >= 15 is 0 Å². The molecular weight excluding hydrogens is 323 g/mol. The number of carbonyl (C=O) groups is 1. The van der Waals surface area contributed by atoms with Crippen molar-refractivity contribution in [1.82, 2.24) is 14.8 Å². The fraction of sp³-hybridized carbons (Fsp3) is 0.111. The molecular formula is C18H15FN4O2. The standard InChI is InChI=1S/C18H15FN4O2/c1-12-5-7-13(8-6-12)16-10-20-23(18(25)22-16)11-17(24)21-15-4-2-3-14(19)9-15/h2-10H,11H2,1H3,(H,21,24). The molecule has 0 saturated heterocycles. The van der Waals surface area contributed by atoms with E-state index in [0.717, 1.165) is 15.8 Å². The van der Waals surface area contributed by atoms with Crippen molar-refractivity contribution in [2.24, 2.45) is 0 Å². The maximum Gasteiger partial charge on any atom is 0.365 e. The van der Waals surface area contributed by atoms with Crippen molar-refractivity contribution in [3.05, 3.63) is 76.6 Å². The Labute approximate surface area is 143 Å². The molecule has 0 fully saturated rings. The summed E-state index contributed by atoms with van der Waals surface area (Å²) in [6.07, 6.45) is 1.43. The molecule has 1 aromatic heterocycles. The van der Waals surface area contributed by atoms with Gasteiger partial charge in [-0.15, -0.1) is 0 Å². The minimum absolute atomic E-state index is 0.308. The molecule has 0 aliphatic heterocycles. The van der Waals surface area contributed by atoms with Crippen LogP contribution < -0.4 is 11.0 Å². The second kappa shape index (κ2) is 7.04. The first-order valence-corrected chi connectivity index (χ1v) is 7.58. The third-order valence-electron chi connectivity index (χ3n) is 3.51. The number of benzene rings is 2. The number of anilines is 1. The van der Waals surface area contributed by atoms with E-state index < -0.39 is 17.4 Å². The summed E-state index contributed by atoms with van der Waals surface area (Å²) in [5, 5.41) is 6.49. The van der Waals surface area contributed by atoms with Gasteiger partial charge in [-0.2, -0.15) is 10.1 Å². The number of aromatic nitrogens is 3. The molecule has 7 heteroatoms. The van der Waals surface area contributed by atoms with Crippen LogP contribution in [0, 0.1) is 12.7 Å². The predicted octanol–water partition coefficient (Wildman–Crippen LogP) is 2.39. The van der Waals surface area contributed by atoms with Crippen LogP contribution in [0.5, 0.6) is 0 Å². The average molecular weight is 338 g/mol. The van der Waals surface area contributed by atoms with Gasteiger partial charge in [-0.25, -0.2) is 13.9 Å². The van der Waals surface area contributed by atoms with Gasteiger partial charge in [0, 0.05) is 11.3 Å². The minimum atomic E-state index is -0.632. The van der Waals surface area contributed by atoms with Crippen LogP contribution in [0.1, 0.15) is 5.56 Å². The summed E-state index contributed by atoms with van der Waals surface area (Å²) in [5.74, 6) is -0.956. The molecule has 0 bridgehead atoms. The summed E-state index contributed by atoms with van der Waals surface area (Å²) < 4.78 is 14.1. The minimum Gasteiger partial charge on any atom is -0.324 e. The quantitative estimate of drug-likeness (QED) is 0.792. The van der Waals surface area contributed by atoms with E-state index in [0.29, 0.717) is 11.4 Å². The van der Waals surface area contributed by atoms with Gasteiger partial charge in [0.25, 0.3) is 0 Å². The highest BCUT2D eigenvalue weighted by molar-refractivity contribution is 5.90. The molecule has 6 nitrogen and oxygen atoms in total. The fourth-order valence-corrected chi connectivity index (χ4v) is 2.24. The molecule has 1 heterocycles. The van der Waals surface area contributed by atoms with Gasteiger partial charge >= 0.3 is 5.69 Å². The van der Waals surface area contributed by atoms with E-state index in [-0.39, 0.29) is 6.54 Å². The third kappa shape index (κ3) is 4.14. The number of nitrogens with one attached hydrogen (secondary N) is 1. The van der Waals surface area contributed by atoms with Crippen LogP contribution in [0.3, 0.4) is 0 Å². The van der Waals surface area contributed by atoms with Gasteiger partial charge in [0.2, 0.25) is 5.91 Å². The molecule has 0 saturated carbocycles. The Balaban J connectivity index is 1.74. The molecule has 126 valence electrons. The zero-order valence-corrected chi connectivity index (χ0v) is 13.4. The Morgan fingerprint density at radius 1 is 1.20 bits per heavy atom. The van der Waals surface area contributed by atoms with Crippen LogP contribution in [0.2, 0.25) is 0 Å². The summed E-state index contributed by atoms with van der Waals surface area (Å²) in [5.41, 5.74) is 1.98. The number of aryl methyl sites for hydroxylation is 1. The summed E-state index contributed by atoms with van der Waals surface area (Å²) >= 11 is 0. The molecule has 0 atom stereocenters. The Morgan fingerprint density at radius 2 is 1.96 bits per heavy atom. The molecule has 2 aromatic carbocycles. The van der Waals surface area contributed by atoms with Crippen LogP contribution in [-0.4, -0.2) is 20.7 Å². The molecule has 0 unspecified atom stereocenters. The van der Waals surface area contributed by atoms with Crippen LogP contribution in [-0.2, 0) is 11.3 Å². The lowest BCUT2D eigenvalue weighted by Crippen LogP contribution is -2.31. The summed E-state index contributed by atoms with van der Waals surface area (Å²) in [4.78, 5) is 28.0. The molecule has 0 spiro atoms. The number of hydrogen-bond acceptors (Lipinski definition) is 4. The van der Waals surface area contributed by atoms with Gasteiger partial charge in [-0.3, -0.25) is 4.79 Å². The van der Waals surface area contributed by atoms with E-state index in [9.17, 15) is 14.0 Å². The highest BCUT2D eigenvalue weighted by atomic mass is 19.1. The zero-order chi connectivity index (χ0) is 17.8. The van der Waals surface area contributed by atoms with Gasteiger partial charge in [0.05, 0.1) is 11.9 Å². The fourth-order valence-electron chi connectivity index (χ4n) is 2.24. The average Bonchev–Trinajstić information content (AvgIpc) is 2.57. The number of carbonyl (C=O) groups excluding carboxylic acids is 1. The lowest BCUT2D eigenvalue weighted by Gasteiger charge is -2.07. The van der Waals surface area contributed by atoms with Gasteiger partial charge in [-0.1, -0.05) is 35.9 Å². The maximum absolute atomic E-state index is 13.1. The smallest absolute Gasteiger partial charge is 0.324 e. The molecule has 1 amide bonds. The molecule has 1 N–H and O–H groups in total. The van der Waals surface area contributed by atoms with Gasteiger partial charge in [-0.05, 0) is 25.1 Å². The van der Waals surface area contributed by atoms with Crippen molar-refractivity contribution < 1.29 is 9.18 Å². The Morgan fingerprint density at radius 3 is 2.64 bits per heavy atom. The Hall–Kier alpha value is -3.35. The van der Waals surface area contributed by atoms with Crippen molar-refractivity contribution in [3.8, 4) is 11.3 Å². The number of amides is 1. The highest BCUT2D eigenvalue weighted by Crippen LogP contribution is 2.14. The van der Waals surface area contributed by atoms with Crippen molar-refractivity contribution in [3.63, 3.8) is 0 Å². The lowest BCUT2D eigenvalue weighted by atomic mass is 10.1. The van der Waals surface area contributed by atoms with Crippen molar-refractivity contribution in [2.75, 3.05) is 5.32 Å². The third-order valence-corrected chi connectivity index (χ3v) is 3.51. The predicted molar refractivity (Wildman–Crippen MR) is 91.5 cm³/mol. The molecule has 0 radical (unpaired) electrons. The monoisotopic (exact) mass is 338 g/mol. The van der Waals surface area contributed by atoms with E-state index in [2.05, 4.69) is 15.4 Å². The zero-order valence-electron chi connectivity index (χ0n) is 13.4. The first-order valence-electron chi connectivity index (χ1n) is 7.58. The first-order chi connectivity index (χ1) is 12.0. The molecule has 0 aliphatic rings. The topological polar surface area (TPSA) is 76.9 Å². The molecule has 3 rings (SSSR count). The van der Waals surface area contributed by atoms with E-state index in [4.69, 9.17) is 0 Å². The number of rotatable bonds is 4. The largest absolute Gasteiger partial charge is 0.365 e. The summed E-state index contributed by atoms with van der Waals surface area (Å²) in [6, 6.07) is 13.0. The van der Waals surface area contributed by atoms with Crippen LogP contribution in [0.25, 0.3) is 11.3 Å². The van der Waals surface area contributed by atoms with E-state index in [1.54, 1.807) is 6.07 Å².